The highest BCUT2D eigenvalue weighted by atomic mass is 16.3. The van der Waals surface area contributed by atoms with E-state index in [2.05, 4.69) is 169 Å². The van der Waals surface area contributed by atoms with Crippen LogP contribution in [-0.2, 0) is 5.41 Å². The molecular weight excluding hydrogens is 619 g/mol. The molecule has 8 aromatic carbocycles. The molecule has 236 valence electrons. The number of anilines is 3. The highest BCUT2D eigenvalue weighted by Gasteiger charge is 2.57. The zero-order valence-electron chi connectivity index (χ0n) is 27.6. The zero-order valence-corrected chi connectivity index (χ0v) is 27.6. The third-order valence-corrected chi connectivity index (χ3v) is 11.6. The van der Waals surface area contributed by atoms with Crippen molar-refractivity contribution in [2.24, 2.45) is 0 Å². The van der Waals surface area contributed by atoms with Crippen LogP contribution < -0.4 is 4.90 Å². The van der Waals surface area contributed by atoms with Gasteiger partial charge in [-0.15, -0.1) is 0 Å². The Bertz CT molecular complexity index is 2880. The second-order valence-corrected chi connectivity index (χ2v) is 14.0. The number of rotatable bonds is 4. The van der Waals surface area contributed by atoms with Crippen LogP contribution in [0.5, 0.6) is 0 Å². The number of hydrogen-bond donors (Lipinski definition) is 0. The van der Waals surface area contributed by atoms with Crippen molar-refractivity contribution in [3.05, 3.63) is 198 Å². The molecule has 12 rings (SSSR count). The summed E-state index contributed by atoms with van der Waals surface area (Å²) in [6.07, 6.45) is 0. The monoisotopic (exact) mass is 647 g/mol. The lowest BCUT2D eigenvalue weighted by Gasteiger charge is -2.30. The van der Waals surface area contributed by atoms with E-state index >= 15 is 0 Å². The van der Waals surface area contributed by atoms with Gasteiger partial charge in [-0.25, -0.2) is 0 Å². The van der Waals surface area contributed by atoms with Crippen LogP contribution in [0.1, 0.15) is 22.3 Å². The Morgan fingerprint density at radius 2 is 0.902 bits per heavy atom. The Balaban J connectivity index is 1.11. The fourth-order valence-corrected chi connectivity index (χ4v) is 9.62. The van der Waals surface area contributed by atoms with Crippen LogP contribution in [0.15, 0.2) is 180 Å². The van der Waals surface area contributed by atoms with Gasteiger partial charge >= 0.3 is 0 Å². The fraction of sp³-hybridized carbons (Fsp3) is 0.0204. The maximum absolute atomic E-state index is 6.44. The lowest BCUT2D eigenvalue weighted by molar-refractivity contribution is 0.669. The minimum Gasteiger partial charge on any atom is -0.456 e. The van der Waals surface area contributed by atoms with Crippen molar-refractivity contribution in [1.82, 2.24) is 0 Å². The van der Waals surface area contributed by atoms with E-state index in [4.69, 9.17) is 4.42 Å². The Labute approximate surface area is 295 Å². The van der Waals surface area contributed by atoms with Gasteiger partial charge in [-0.2, -0.15) is 0 Å². The standard InChI is InChI=1S/C49H29NO/c1-2-10-30(11-3-1)31-20-22-32(23-21-31)50(34-25-27-38-37-13-5-7-19-45(37)51-46(38)29-34)33-24-26-36-40-15-9-17-42-41-16-8-14-39-35-12-4-6-18-43(35)49(47(39)41,48(40)42)44(36)28-33/h1-29H. The summed E-state index contributed by atoms with van der Waals surface area (Å²) in [5.41, 5.74) is 20.8. The first kappa shape index (κ1) is 27.2. The van der Waals surface area contributed by atoms with E-state index in [1.54, 1.807) is 0 Å². The van der Waals surface area contributed by atoms with Gasteiger partial charge in [0, 0.05) is 33.9 Å². The molecule has 0 bridgehead atoms. The summed E-state index contributed by atoms with van der Waals surface area (Å²) in [6, 6.07) is 64.5. The van der Waals surface area contributed by atoms with Crippen LogP contribution in [0, 0.1) is 0 Å². The first-order valence-electron chi connectivity index (χ1n) is 17.7. The van der Waals surface area contributed by atoms with Crippen molar-refractivity contribution in [2.45, 2.75) is 5.41 Å². The first-order valence-corrected chi connectivity index (χ1v) is 17.7. The summed E-state index contributed by atoms with van der Waals surface area (Å²) in [7, 11) is 0. The van der Waals surface area contributed by atoms with E-state index < -0.39 is 0 Å². The summed E-state index contributed by atoms with van der Waals surface area (Å²) in [5.74, 6) is 0. The lowest BCUT2D eigenvalue weighted by Crippen LogP contribution is -2.23. The molecule has 0 fully saturated rings. The van der Waals surface area contributed by atoms with Crippen molar-refractivity contribution in [3.63, 3.8) is 0 Å². The molecule has 1 heterocycles. The van der Waals surface area contributed by atoms with Gasteiger partial charge in [-0.05, 0) is 109 Å². The van der Waals surface area contributed by atoms with Gasteiger partial charge in [0.1, 0.15) is 11.2 Å². The van der Waals surface area contributed by atoms with Crippen molar-refractivity contribution in [2.75, 3.05) is 4.90 Å². The van der Waals surface area contributed by atoms with Crippen LogP contribution in [-0.4, -0.2) is 0 Å². The Kier molecular flexibility index (Phi) is 5.20. The molecule has 0 amide bonds. The summed E-state index contributed by atoms with van der Waals surface area (Å²) in [6.45, 7) is 0. The summed E-state index contributed by atoms with van der Waals surface area (Å²) in [5, 5.41) is 2.26. The quantitative estimate of drug-likeness (QED) is 0.189. The summed E-state index contributed by atoms with van der Waals surface area (Å²) >= 11 is 0. The van der Waals surface area contributed by atoms with Crippen LogP contribution in [0.2, 0.25) is 0 Å². The second kappa shape index (κ2) is 9.74. The molecule has 0 saturated heterocycles. The van der Waals surface area contributed by atoms with E-state index in [0.29, 0.717) is 0 Å². The normalized spacial score (nSPS) is 15.5. The largest absolute Gasteiger partial charge is 0.456 e. The number of nitrogens with zero attached hydrogens (tertiary/aromatic N) is 1. The molecule has 0 radical (unpaired) electrons. The van der Waals surface area contributed by atoms with Gasteiger partial charge in [-0.3, -0.25) is 0 Å². The molecule has 3 aliphatic carbocycles. The number of benzene rings is 8. The molecule has 1 spiro atoms. The van der Waals surface area contributed by atoms with Crippen molar-refractivity contribution >= 4 is 39.0 Å². The molecule has 0 saturated carbocycles. The predicted octanol–water partition coefficient (Wildman–Crippen LogP) is 13.0. The molecular formula is C49H29NO. The lowest BCUT2D eigenvalue weighted by atomic mass is 9.73. The molecule has 2 heteroatoms. The molecule has 51 heavy (non-hydrogen) atoms. The number of hydrogen-bond acceptors (Lipinski definition) is 2. The van der Waals surface area contributed by atoms with Gasteiger partial charge < -0.3 is 9.32 Å². The molecule has 2 nitrogen and oxygen atoms in total. The molecule has 9 aromatic rings. The molecule has 1 atom stereocenters. The first-order chi connectivity index (χ1) is 25.3. The van der Waals surface area contributed by atoms with Crippen LogP contribution >= 0.6 is 0 Å². The SMILES string of the molecule is c1ccc(-c2ccc(N(c3ccc4c(c3)C35c6ccccc6-c6cccc(c63)-c3cccc-4c35)c3ccc4c(c3)oc3ccccc34)cc2)cc1. The van der Waals surface area contributed by atoms with Gasteiger partial charge in [0.25, 0.3) is 0 Å². The maximum atomic E-state index is 6.44. The van der Waals surface area contributed by atoms with Crippen molar-refractivity contribution in [3.8, 4) is 44.5 Å². The van der Waals surface area contributed by atoms with E-state index in [-0.39, 0.29) is 5.41 Å². The molecule has 0 aliphatic heterocycles. The minimum absolute atomic E-state index is 0.342. The molecule has 1 aromatic heterocycles. The van der Waals surface area contributed by atoms with Crippen molar-refractivity contribution < 1.29 is 4.42 Å². The van der Waals surface area contributed by atoms with Gasteiger partial charge in [-0.1, -0.05) is 127 Å². The van der Waals surface area contributed by atoms with Gasteiger partial charge in [0.2, 0.25) is 0 Å². The fourth-order valence-electron chi connectivity index (χ4n) is 9.62. The number of para-hydroxylation sites is 1. The minimum atomic E-state index is -0.342. The Hall–Kier alpha value is -6.64. The molecule has 3 aliphatic rings. The number of fused-ring (bicyclic) bond motifs is 8. The van der Waals surface area contributed by atoms with E-state index in [0.717, 1.165) is 39.0 Å². The summed E-state index contributed by atoms with van der Waals surface area (Å²) < 4.78 is 6.44. The van der Waals surface area contributed by atoms with Gasteiger partial charge in [0.15, 0.2) is 0 Å². The smallest absolute Gasteiger partial charge is 0.137 e. The van der Waals surface area contributed by atoms with Gasteiger partial charge in [0.05, 0.1) is 5.41 Å². The molecule has 0 N–H and O–H groups in total. The average Bonchev–Trinajstić information content (AvgIpc) is 3.90. The predicted molar refractivity (Wildman–Crippen MR) is 209 cm³/mol. The third-order valence-electron chi connectivity index (χ3n) is 11.6. The third kappa shape index (κ3) is 3.42. The highest BCUT2D eigenvalue weighted by molar-refractivity contribution is 6.08. The van der Waals surface area contributed by atoms with E-state index in [1.807, 2.05) is 12.1 Å². The summed E-state index contributed by atoms with van der Waals surface area (Å²) in [4.78, 5) is 2.39. The van der Waals surface area contributed by atoms with Crippen molar-refractivity contribution in [1.29, 1.82) is 0 Å². The zero-order chi connectivity index (χ0) is 33.3. The Morgan fingerprint density at radius 1 is 0.353 bits per heavy atom. The number of furan rings is 1. The average molecular weight is 648 g/mol. The van der Waals surface area contributed by atoms with E-state index in [1.165, 1.54) is 66.8 Å². The topological polar surface area (TPSA) is 16.4 Å². The van der Waals surface area contributed by atoms with Crippen LogP contribution in [0.3, 0.4) is 0 Å². The second-order valence-electron chi connectivity index (χ2n) is 14.0. The van der Waals surface area contributed by atoms with E-state index in [9.17, 15) is 0 Å². The van der Waals surface area contributed by atoms with Crippen LogP contribution in [0.25, 0.3) is 66.4 Å². The Morgan fingerprint density at radius 3 is 1.69 bits per heavy atom. The van der Waals surface area contributed by atoms with Crippen LogP contribution in [0.4, 0.5) is 17.1 Å². The molecule has 1 unspecified atom stereocenters. The maximum Gasteiger partial charge on any atom is 0.137 e. The highest BCUT2D eigenvalue weighted by Crippen LogP contribution is 2.70.